The quantitative estimate of drug-likeness (QED) is 0.365. The maximum Gasteiger partial charge on any atom is 0.174 e. The Bertz CT molecular complexity index is 1160. The summed E-state index contributed by atoms with van der Waals surface area (Å²) in [7, 11) is 3.15. The number of hydrogen-bond acceptors (Lipinski definition) is 5. The Hall–Kier alpha value is -2.90. The van der Waals surface area contributed by atoms with Crippen molar-refractivity contribution in [2.24, 2.45) is 5.92 Å². The molecule has 5 unspecified atom stereocenters. The van der Waals surface area contributed by atoms with Gasteiger partial charge in [0.1, 0.15) is 35.2 Å². The number of ether oxygens (including phenoxy) is 2. The Morgan fingerprint density at radius 3 is 2.28 bits per heavy atom. The van der Waals surface area contributed by atoms with Crippen LogP contribution in [0.5, 0.6) is 11.5 Å². The number of rotatable bonds is 8. The van der Waals surface area contributed by atoms with Gasteiger partial charge in [-0.25, -0.2) is 0 Å². The normalized spacial score (nSPS) is 23.1. The third-order valence-electron chi connectivity index (χ3n) is 7.37. The van der Waals surface area contributed by atoms with Crippen molar-refractivity contribution in [1.29, 1.82) is 0 Å². The van der Waals surface area contributed by atoms with Crippen LogP contribution in [0.15, 0.2) is 78.9 Å². The van der Waals surface area contributed by atoms with Gasteiger partial charge in [-0.2, -0.15) is 0 Å². The third-order valence-corrected chi connectivity index (χ3v) is 7.37. The highest BCUT2D eigenvalue weighted by Gasteiger charge is 2.50. The molecule has 0 bridgehead atoms. The highest BCUT2D eigenvalue weighted by molar-refractivity contribution is 5.99. The van der Waals surface area contributed by atoms with Gasteiger partial charge in [0.15, 0.2) is 5.78 Å². The number of carbonyl (C=O) groups is 1. The maximum atomic E-state index is 13.9. The summed E-state index contributed by atoms with van der Waals surface area (Å²) in [5, 5.41) is 23.1. The molecule has 6 nitrogen and oxygen atoms in total. The molecule has 0 aliphatic carbocycles. The van der Waals surface area contributed by atoms with Crippen LogP contribution in [0.4, 0.5) is 0 Å². The molecule has 1 aliphatic heterocycles. The van der Waals surface area contributed by atoms with Crippen molar-refractivity contribution >= 4 is 5.78 Å². The van der Waals surface area contributed by atoms with E-state index in [4.69, 9.17) is 9.47 Å². The summed E-state index contributed by atoms with van der Waals surface area (Å²) in [6, 6.07) is 23.8. The number of aliphatic hydroxyl groups excluding tert-OH is 1. The van der Waals surface area contributed by atoms with E-state index in [0.717, 1.165) is 10.5 Å². The monoisotopic (exact) mass is 511 g/mol. The van der Waals surface area contributed by atoms with Crippen molar-refractivity contribution in [3.8, 4) is 11.5 Å². The molecule has 3 aromatic rings. The van der Waals surface area contributed by atoms with Crippen molar-refractivity contribution in [2.45, 2.75) is 31.1 Å². The molecule has 3 N–H and O–H groups in total. The predicted octanol–water partition coefficient (Wildman–Crippen LogP) is -0.195. The minimum absolute atomic E-state index is 0. The SMILES string of the molecule is COc1cccc(C(=O)C2C[NH+](C(C)C(O)c3ccccc3)CCC2(O)c2cccc(OC)c2)c1.[Cl-]. The maximum absolute atomic E-state index is 13.9. The summed E-state index contributed by atoms with van der Waals surface area (Å²) in [4.78, 5) is 15.0. The molecule has 0 spiro atoms. The largest absolute Gasteiger partial charge is 1.00 e. The highest BCUT2D eigenvalue weighted by Crippen LogP contribution is 2.38. The zero-order valence-corrected chi connectivity index (χ0v) is 21.6. The van der Waals surface area contributed by atoms with Gasteiger partial charge in [0, 0.05) is 12.0 Å². The van der Waals surface area contributed by atoms with Crippen LogP contribution in [0.25, 0.3) is 0 Å². The van der Waals surface area contributed by atoms with Crippen LogP contribution in [0.2, 0.25) is 0 Å². The van der Waals surface area contributed by atoms with Crippen LogP contribution in [0, 0.1) is 5.92 Å². The van der Waals surface area contributed by atoms with Gasteiger partial charge in [-0.05, 0) is 42.3 Å². The number of quaternary nitrogens is 1. The van der Waals surface area contributed by atoms with Gasteiger partial charge >= 0.3 is 0 Å². The fraction of sp³-hybridized carbons (Fsp3) is 0.345. The molecular formula is C29H34ClNO5. The number of Topliss-reactive ketones (excluding diaryl/α,β-unsaturated/α-hetero) is 1. The topological polar surface area (TPSA) is 80.4 Å². The summed E-state index contributed by atoms with van der Waals surface area (Å²) in [6.07, 6.45) is -0.302. The number of aliphatic hydroxyl groups is 2. The lowest BCUT2D eigenvalue weighted by molar-refractivity contribution is -0.937. The Morgan fingerprint density at radius 2 is 1.61 bits per heavy atom. The summed E-state index contributed by atoms with van der Waals surface area (Å²) >= 11 is 0. The molecule has 0 saturated carbocycles. The van der Waals surface area contributed by atoms with Gasteiger partial charge < -0.3 is 37.0 Å². The Labute approximate surface area is 218 Å². The second-order valence-corrected chi connectivity index (χ2v) is 9.31. The van der Waals surface area contributed by atoms with E-state index >= 15 is 0 Å². The van der Waals surface area contributed by atoms with Gasteiger partial charge in [-0.15, -0.1) is 0 Å². The standard InChI is InChI=1S/C29H33NO5.ClH/c1-20(27(31)21-9-5-4-6-10-21)30-16-15-29(33,23-12-8-14-25(18-23)35-3)26(19-30)28(32)22-11-7-13-24(17-22)34-2;/h4-14,17-18,20,26-27,31,33H,15-16,19H2,1-3H3;1H. The van der Waals surface area contributed by atoms with Crippen molar-refractivity contribution in [1.82, 2.24) is 0 Å². The number of methoxy groups -OCH3 is 2. The molecule has 0 radical (unpaired) electrons. The highest BCUT2D eigenvalue weighted by atomic mass is 35.5. The van der Waals surface area contributed by atoms with Crippen molar-refractivity contribution in [2.75, 3.05) is 27.3 Å². The van der Waals surface area contributed by atoms with E-state index < -0.39 is 17.6 Å². The number of hydrogen-bond donors (Lipinski definition) is 3. The number of ketones is 1. The van der Waals surface area contributed by atoms with Gasteiger partial charge in [-0.3, -0.25) is 4.79 Å². The lowest BCUT2D eigenvalue weighted by Crippen LogP contribution is -3.18. The first-order valence-electron chi connectivity index (χ1n) is 12.0. The zero-order valence-electron chi connectivity index (χ0n) is 20.9. The number of likely N-dealkylation sites (tertiary alicyclic amines) is 1. The van der Waals surface area contributed by atoms with Crippen LogP contribution in [-0.4, -0.2) is 49.3 Å². The first-order chi connectivity index (χ1) is 16.9. The lowest BCUT2D eigenvalue weighted by atomic mass is 9.72. The van der Waals surface area contributed by atoms with Crippen LogP contribution in [-0.2, 0) is 5.60 Å². The lowest BCUT2D eigenvalue weighted by Gasteiger charge is -2.44. The average Bonchev–Trinajstić information content (AvgIpc) is 2.92. The second kappa shape index (κ2) is 11.9. The van der Waals surface area contributed by atoms with Crippen LogP contribution >= 0.6 is 0 Å². The van der Waals surface area contributed by atoms with Crippen molar-refractivity contribution in [3.63, 3.8) is 0 Å². The molecule has 7 heteroatoms. The Morgan fingerprint density at radius 1 is 0.972 bits per heavy atom. The third kappa shape index (κ3) is 5.57. The Kier molecular flexibility index (Phi) is 9.14. The summed E-state index contributed by atoms with van der Waals surface area (Å²) < 4.78 is 10.7. The molecular weight excluding hydrogens is 478 g/mol. The first-order valence-corrected chi connectivity index (χ1v) is 12.0. The van der Waals surface area contributed by atoms with E-state index in [-0.39, 0.29) is 24.2 Å². The Balaban J connectivity index is 0.00000361. The molecule has 192 valence electrons. The summed E-state index contributed by atoms with van der Waals surface area (Å²) in [5.41, 5.74) is 0.633. The van der Waals surface area contributed by atoms with E-state index in [1.54, 1.807) is 44.6 Å². The number of carbonyl (C=O) groups excluding carboxylic acids is 1. The van der Waals surface area contributed by atoms with Gasteiger partial charge in [0.2, 0.25) is 0 Å². The minimum atomic E-state index is -1.37. The van der Waals surface area contributed by atoms with E-state index in [9.17, 15) is 15.0 Å². The fourth-order valence-electron chi connectivity index (χ4n) is 5.16. The summed E-state index contributed by atoms with van der Waals surface area (Å²) in [5.74, 6) is 0.364. The molecule has 0 amide bonds. The molecule has 1 saturated heterocycles. The van der Waals surface area contributed by atoms with E-state index in [1.807, 2.05) is 55.5 Å². The summed E-state index contributed by atoms with van der Waals surface area (Å²) in [6.45, 7) is 2.99. The molecule has 36 heavy (non-hydrogen) atoms. The van der Waals surface area contributed by atoms with E-state index in [1.165, 1.54) is 0 Å². The fourth-order valence-corrected chi connectivity index (χ4v) is 5.16. The molecule has 0 aromatic heterocycles. The van der Waals surface area contributed by atoms with Crippen LogP contribution in [0.3, 0.4) is 0 Å². The smallest absolute Gasteiger partial charge is 0.174 e. The average molecular weight is 512 g/mol. The molecule has 1 aliphatic rings. The van der Waals surface area contributed by atoms with Gasteiger partial charge in [-0.1, -0.05) is 54.6 Å². The number of nitrogens with one attached hydrogen (secondary N) is 1. The van der Waals surface area contributed by atoms with E-state index in [0.29, 0.717) is 42.1 Å². The molecule has 3 aromatic carbocycles. The minimum Gasteiger partial charge on any atom is -1.00 e. The van der Waals surface area contributed by atoms with E-state index in [2.05, 4.69) is 0 Å². The van der Waals surface area contributed by atoms with Crippen LogP contribution < -0.4 is 26.8 Å². The molecule has 1 fully saturated rings. The van der Waals surface area contributed by atoms with Crippen molar-refractivity contribution in [3.05, 3.63) is 95.6 Å². The zero-order chi connectivity index (χ0) is 25.0. The first kappa shape index (κ1) is 27.7. The number of benzene rings is 3. The molecule has 1 heterocycles. The predicted molar refractivity (Wildman–Crippen MR) is 134 cm³/mol. The second-order valence-electron chi connectivity index (χ2n) is 9.31. The number of piperidine rings is 1. The molecule has 5 atom stereocenters. The molecule has 4 rings (SSSR count). The number of halogens is 1. The van der Waals surface area contributed by atoms with Gasteiger partial charge in [0.05, 0.1) is 27.3 Å². The van der Waals surface area contributed by atoms with Gasteiger partial charge in [0.25, 0.3) is 0 Å². The van der Waals surface area contributed by atoms with Crippen molar-refractivity contribution < 1.29 is 41.8 Å². The van der Waals surface area contributed by atoms with Crippen LogP contribution in [0.1, 0.15) is 40.9 Å².